The molecule has 1 saturated carbocycles. The van der Waals surface area contributed by atoms with Crippen LogP contribution in [0.25, 0.3) is 0 Å². The second-order valence-electron chi connectivity index (χ2n) is 3.54. The van der Waals surface area contributed by atoms with E-state index in [0.29, 0.717) is 26.2 Å². The van der Waals surface area contributed by atoms with Crippen LogP contribution in [0.2, 0.25) is 0 Å². The van der Waals surface area contributed by atoms with Crippen molar-refractivity contribution in [3.8, 4) is 0 Å². The first-order chi connectivity index (χ1) is 7.59. The molecule has 0 saturated heterocycles. The van der Waals surface area contributed by atoms with Crippen LogP contribution in [-0.4, -0.2) is 31.4 Å². The van der Waals surface area contributed by atoms with E-state index in [9.17, 15) is 9.36 Å². The average Bonchev–Trinajstić information content (AvgIpc) is 2.98. The first-order valence-corrected chi connectivity index (χ1v) is 7.25. The van der Waals surface area contributed by atoms with Crippen LogP contribution in [-0.2, 0) is 23.1 Å². The zero-order valence-corrected chi connectivity index (χ0v) is 10.9. The summed E-state index contributed by atoms with van der Waals surface area (Å²) in [6.07, 6.45) is 0.538. The van der Waals surface area contributed by atoms with E-state index in [2.05, 4.69) is 0 Å². The van der Waals surface area contributed by atoms with Gasteiger partial charge in [-0.05, 0) is 27.2 Å². The maximum absolute atomic E-state index is 12.2. The molecular weight excluding hydrogens is 231 g/mol. The summed E-state index contributed by atoms with van der Waals surface area (Å²) in [6, 6.07) is 0. The molecule has 6 heteroatoms. The Kier molecular flexibility index (Phi) is 4.96. The van der Waals surface area contributed by atoms with Crippen molar-refractivity contribution in [3.05, 3.63) is 0 Å². The molecule has 1 rings (SSSR count). The van der Waals surface area contributed by atoms with Gasteiger partial charge in [-0.3, -0.25) is 9.36 Å². The van der Waals surface area contributed by atoms with Gasteiger partial charge >= 0.3 is 13.6 Å². The highest BCUT2D eigenvalue weighted by atomic mass is 31.2. The molecule has 0 N–H and O–H groups in total. The first kappa shape index (κ1) is 13.7. The van der Waals surface area contributed by atoms with Gasteiger partial charge in [0.2, 0.25) is 0 Å². The summed E-state index contributed by atoms with van der Waals surface area (Å²) in [4.78, 5) is 11.4. The predicted octanol–water partition coefficient (Wildman–Crippen LogP) is 2.20. The molecule has 94 valence electrons. The minimum Gasteiger partial charge on any atom is -0.466 e. The molecule has 0 aromatic rings. The normalized spacial score (nSPS) is 24.2. The zero-order chi connectivity index (χ0) is 12.2. The lowest BCUT2D eigenvalue weighted by molar-refractivity contribution is -0.144. The zero-order valence-electron chi connectivity index (χ0n) is 9.97. The van der Waals surface area contributed by atoms with Crippen LogP contribution >= 0.6 is 7.60 Å². The molecule has 0 aliphatic heterocycles. The molecule has 0 bridgehead atoms. The number of ether oxygens (including phenoxy) is 1. The van der Waals surface area contributed by atoms with E-state index in [1.165, 1.54) is 0 Å². The Morgan fingerprint density at radius 2 is 1.75 bits per heavy atom. The van der Waals surface area contributed by atoms with E-state index >= 15 is 0 Å². The molecule has 1 aliphatic rings. The number of hydrogen-bond acceptors (Lipinski definition) is 5. The first-order valence-electron chi connectivity index (χ1n) is 5.64. The highest BCUT2D eigenvalue weighted by Crippen LogP contribution is 2.65. The highest BCUT2D eigenvalue weighted by Gasteiger charge is 2.57. The van der Waals surface area contributed by atoms with Crippen molar-refractivity contribution in [2.75, 3.05) is 19.8 Å². The predicted molar refractivity (Wildman–Crippen MR) is 59.4 cm³/mol. The molecule has 0 aromatic heterocycles. The van der Waals surface area contributed by atoms with Crippen LogP contribution < -0.4 is 0 Å². The van der Waals surface area contributed by atoms with Crippen molar-refractivity contribution in [1.29, 1.82) is 0 Å². The van der Waals surface area contributed by atoms with Gasteiger partial charge in [-0.15, -0.1) is 0 Å². The number of hydrogen-bond donors (Lipinski definition) is 0. The van der Waals surface area contributed by atoms with Crippen molar-refractivity contribution in [1.82, 2.24) is 0 Å². The summed E-state index contributed by atoms with van der Waals surface area (Å²) in [5.74, 6) is -0.615. The third-order valence-corrected chi connectivity index (χ3v) is 4.99. The van der Waals surface area contributed by atoms with Gasteiger partial charge in [-0.1, -0.05) is 0 Å². The maximum Gasteiger partial charge on any atom is 0.334 e. The summed E-state index contributed by atoms with van der Waals surface area (Å²) in [6.45, 7) is 6.25. The second-order valence-corrected chi connectivity index (χ2v) is 5.80. The molecule has 0 unspecified atom stereocenters. The van der Waals surface area contributed by atoms with Gasteiger partial charge in [0.05, 0.1) is 31.4 Å². The Hall–Kier alpha value is -0.380. The third kappa shape index (κ3) is 3.06. The Bertz CT molecular complexity index is 281. The van der Waals surface area contributed by atoms with Crippen molar-refractivity contribution >= 4 is 13.6 Å². The summed E-state index contributed by atoms with van der Waals surface area (Å²) in [5.41, 5.74) is -0.313. The topological polar surface area (TPSA) is 61.8 Å². The fourth-order valence-corrected chi connectivity index (χ4v) is 3.85. The number of carbonyl (C=O) groups is 1. The molecule has 1 aliphatic carbocycles. The summed E-state index contributed by atoms with van der Waals surface area (Å²) < 4.78 is 27.5. The summed E-state index contributed by atoms with van der Waals surface area (Å²) in [5, 5.41) is 0. The minimum atomic E-state index is -3.11. The molecule has 0 radical (unpaired) electrons. The molecule has 1 fully saturated rings. The SMILES string of the molecule is CCOC(=O)[C@H]1C[C@@H]1P(=O)(OCC)OCC. The lowest BCUT2D eigenvalue weighted by Gasteiger charge is -2.16. The molecule has 0 spiro atoms. The average molecular weight is 250 g/mol. The van der Waals surface area contributed by atoms with E-state index in [1.54, 1.807) is 20.8 Å². The highest BCUT2D eigenvalue weighted by molar-refractivity contribution is 7.55. The molecule has 16 heavy (non-hydrogen) atoms. The lowest BCUT2D eigenvalue weighted by atomic mass is 10.4. The Labute approximate surface area is 96.0 Å². The maximum atomic E-state index is 12.2. The van der Waals surface area contributed by atoms with Crippen LogP contribution in [0.5, 0.6) is 0 Å². The van der Waals surface area contributed by atoms with Crippen molar-refractivity contribution in [2.24, 2.45) is 5.92 Å². The fourth-order valence-electron chi connectivity index (χ4n) is 1.62. The van der Waals surface area contributed by atoms with E-state index in [-0.39, 0.29) is 17.5 Å². The second kappa shape index (κ2) is 5.80. The van der Waals surface area contributed by atoms with Crippen LogP contribution in [0.15, 0.2) is 0 Å². The standard InChI is InChI=1S/C10H19O5P/c1-4-13-10(11)8-7-9(8)16(12,14-5-2)15-6-3/h8-9H,4-7H2,1-3H3/t8-,9-/m0/s1. The number of esters is 1. The van der Waals surface area contributed by atoms with Gasteiger partial charge in [-0.2, -0.15) is 0 Å². The summed E-state index contributed by atoms with van der Waals surface area (Å²) in [7, 11) is -3.11. The van der Waals surface area contributed by atoms with Crippen LogP contribution in [0, 0.1) is 5.92 Å². The van der Waals surface area contributed by atoms with Crippen molar-refractivity contribution < 1.29 is 23.1 Å². The number of rotatable bonds is 7. The number of carbonyl (C=O) groups excluding carboxylic acids is 1. The Morgan fingerprint density at radius 1 is 1.19 bits per heavy atom. The molecule has 0 aromatic carbocycles. The third-order valence-electron chi connectivity index (χ3n) is 2.37. The van der Waals surface area contributed by atoms with E-state index in [0.717, 1.165) is 0 Å². The lowest BCUT2D eigenvalue weighted by Crippen LogP contribution is -2.11. The summed E-state index contributed by atoms with van der Waals surface area (Å²) >= 11 is 0. The van der Waals surface area contributed by atoms with Gasteiger partial charge in [0, 0.05) is 0 Å². The van der Waals surface area contributed by atoms with Crippen LogP contribution in [0.3, 0.4) is 0 Å². The molecule has 0 heterocycles. The van der Waals surface area contributed by atoms with Gasteiger partial charge in [0.15, 0.2) is 0 Å². The van der Waals surface area contributed by atoms with E-state index in [4.69, 9.17) is 13.8 Å². The van der Waals surface area contributed by atoms with E-state index in [1.807, 2.05) is 0 Å². The minimum absolute atomic E-state index is 0.299. The smallest absolute Gasteiger partial charge is 0.334 e. The molecular formula is C10H19O5P. The van der Waals surface area contributed by atoms with E-state index < -0.39 is 7.60 Å². The molecule has 2 atom stereocenters. The van der Waals surface area contributed by atoms with Crippen LogP contribution in [0.4, 0.5) is 0 Å². The quantitative estimate of drug-likeness (QED) is 0.512. The Morgan fingerprint density at radius 3 is 2.19 bits per heavy atom. The molecule has 0 amide bonds. The molecule has 5 nitrogen and oxygen atoms in total. The van der Waals surface area contributed by atoms with Gasteiger partial charge in [0.25, 0.3) is 0 Å². The largest absolute Gasteiger partial charge is 0.466 e. The van der Waals surface area contributed by atoms with Crippen molar-refractivity contribution in [2.45, 2.75) is 32.9 Å². The monoisotopic (exact) mass is 250 g/mol. The Balaban J connectivity index is 2.57. The van der Waals surface area contributed by atoms with Crippen molar-refractivity contribution in [3.63, 3.8) is 0 Å². The fraction of sp³-hybridized carbons (Fsp3) is 0.900. The van der Waals surface area contributed by atoms with Gasteiger partial charge in [-0.25, -0.2) is 0 Å². The van der Waals surface area contributed by atoms with Crippen LogP contribution in [0.1, 0.15) is 27.2 Å². The van der Waals surface area contributed by atoms with Gasteiger partial charge < -0.3 is 13.8 Å². The van der Waals surface area contributed by atoms with Gasteiger partial charge in [0.1, 0.15) is 0 Å².